The highest BCUT2D eigenvalue weighted by Crippen LogP contribution is 2.31. The Morgan fingerprint density at radius 1 is 1.20 bits per heavy atom. The summed E-state index contributed by atoms with van der Waals surface area (Å²) in [6.07, 6.45) is 1.60. The number of esters is 1. The van der Waals surface area contributed by atoms with Crippen molar-refractivity contribution in [1.29, 1.82) is 0 Å². The molecule has 3 heterocycles. The van der Waals surface area contributed by atoms with Crippen LogP contribution in [-0.2, 0) is 16.1 Å². The van der Waals surface area contributed by atoms with E-state index in [1.54, 1.807) is 11.3 Å². The molecule has 0 bridgehead atoms. The first kappa shape index (κ1) is 20.7. The Balaban J connectivity index is 1.65. The van der Waals surface area contributed by atoms with Crippen molar-refractivity contribution in [3.05, 3.63) is 58.1 Å². The van der Waals surface area contributed by atoms with Crippen molar-refractivity contribution >= 4 is 33.4 Å². The van der Waals surface area contributed by atoms with Crippen molar-refractivity contribution in [2.24, 2.45) is 5.92 Å². The van der Waals surface area contributed by atoms with Gasteiger partial charge in [0.1, 0.15) is 5.69 Å². The van der Waals surface area contributed by atoms with Crippen LogP contribution in [0.25, 0.3) is 10.2 Å². The van der Waals surface area contributed by atoms with Crippen molar-refractivity contribution in [2.45, 2.75) is 40.2 Å². The lowest BCUT2D eigenvalue weighted by atomic mass is 9.98. The predicted molar refractivity (Wildman–Crippen MR) is 120 cm³/mol. The van der Waals surface area contributed by atoms with E-state index in [1.807, 2.05) is 17.9 Å². The molecular formula is C24H28N2O3S. The number of hydrogen-bond acceptors (Lipinski definition) is 4. The molecule has 1 aliphatic heterocycles. The topological polar surface area (TPSA) is 51.5 Å². The van der Waals surface area contributed by atoms with Crippen LogP contribution >= 0.6 is 11.3 Å². The van der Waals surface area contributed by atoms with Crippen LogP contribution < -0.4 is 0 Å². The third-order valence-electron chi connectivity index (χ3n) is 5.68. The number of amides is 1. The van der Waals surface area contributed by atoms with Crippen LogP contribution in [0.15, 0.2) is 36.4 Å². The maximum atomic E-state index is 13.5. The Kier molecular flexibility index (Phi) is 5.95. The lowest BCUT2D eigenvalue weighted by Crippen LogP contribution is -2.43. The van der Waals surface area contributed by atoms with Crippen LogP contribution in [0.2, 0.25) is 0 Å². The van der Waals surface area contributed by atoms with Gasteiger partial charge in [0.15, 0.2) is 0 Å². The van der Waals surface area contributed by atoms with E-state index in [0.29, 0.717) is 31.9 Å². The summed E-state index contributed by atoms with van der Waals surface area (Å²) in [5.74, 6) is -0.425. The van der Waals surface area contributed by atoms with Crippen molar-refractivity contribution in [2.75, 3.05) is 19.7 Å². The zero-order valence-corrected chi connectivity index (χ0v) is 18.6. The van der Waals surface area contributed by atoms with Gasteiger partial charge in [-0.25, -0.2) is 0 Å². The van der Waals surface area contributed by atoms with E-state index in [9.17, 15) is 9.59 Å². The molecule has 30 heavy (non-hydrogen) atoms. The number of carbonyl (C=O) groups is 2. The highest BCUT2D eigenvalue weighted by atomic mass is 32.1. The van der Waals surface area contributed by atoms with Crippen LogP contribution in [0, 0.1) is 19.8 Å². The fourth-order valence-electron chi connectivity index (χ4n) is 4.28. The van der Waals surface area contributed by atoms with Gasteiger partial charge in [-0.05, 0) is 51.3 Å². The van der Waals surface area contributed by atoms with Crippen molar-refractivity contribution < 1.29 is 14.3 Å². The molecule has 1 aliphatic rings. The third kappa shape index (κ3) is 4.15. The number of fused-ring (bicyclic) bond motifs is 1. The second-order valence-electron chi connectivity index (χ2n) is 8.05. The second kappa shape index (κ2) is 8.64. The lowest BCUT2D eigenvalue weighted by Gasteiger charge is -2.31. The van der Waals surface area contributed by atoms with E-state index in [1.165, 1.54) is 16.0 Å². The monoisotopic (exact) mass is 424 g/mol. The molecule has 6 heteroatoms. The number of likely N-dealkylation sites (tertiary alicyclic amines) is 1. The summed E-state index contributed by atoms with van der Waals surface area (Å²) in [5.41, 5.74) is 4.18. The summed E-state index contributed by atoms with van der Waals surface area (Å²) in [6, 6.07) is 12.6. The summed E-state index contributed by atoms with van der Waals surface area (Å²) < 4.78 is 8.45. The molecule has 0 N–H and O–H groups in total. The maximum absolute atomic E-state index is 13.5. The highest BCUT2D eigenvalue weighted by molar-refractivity contribution is 7.19. The zero-order valence-electron chi connectivity index (χ0n) is 17.8. The van der Waals surface area contributed by atoms with Crippen molar-refractivity contribution in [1.82, 2.24) is 9.47 Å². The van der Waals surface area contributed by atoms with Gasteiger partial charge in [0.2, 0.25) is 0 Å². The van der Waals surface area contributed by atoms with Crippen LogP contribution in [0.1, 0.15) is 46.3 Å². The number of ether oxygens (including phenoxy) is 1. The van der Waals surface area contributed by atoms with Crippen LogP contribution in [0.4, 0.5) is 0 Å². The Morgan fingerprint density at radius 2 is 2.03 bits per heavy atom. The van der Waals surface area contributed by atoms with Gasteiger partial charge in [0.05, 0.1) is 22.7 Å². The number of nitrogens with zero attached hydrogens (tertiary/aromatic N) is 2. The Bertz CT molecular complexity index is 1080. The van der Waals surface area contributed by atoms with E-state index in [4.69, 9.17) is 4.74 Å². The van der Waals surface area contributed by atoms with Gasteiger partial charge in [-0.1, -0.05) is 29.8 Å². The largest absolute Gasteiger partial charge is 0.466 e. The van der Waals surface area contributed by atoms with Crippen LogP contribution in [0.5, 0.6) is 0 Å². The number of thiophene rings is 1. The normalized spacial score (nSPS) is 16.8. The molecule has 0 aliphatic carbocycles. The van der Waals surface area contributed by atoms with E-state index in [-0.39, 0.29) is 17.8 Å². The van der Waals surface area contributed by atoms with E-state index in [0.717, 1.165) is 23.1 Å². The Hall–Kier alpha value is -2.60. The molecular weight excluding hydrogens is 396 g/mol. The smallest absolute Gasteiger partial charge is 0.310 e. The Labute approximate surface area is 181 Å². The van der Waals surface area contributed by atoms with Crippen molar-refractivity contribution in [3.63, 3.8) is 0 Å². The molecule has 1 aromatic carbocycles. The summed E-state index contributed by atoms with van der Waals surface area (Å²) >= 11 is 1.71. The zero-order chi connectivity index (χ0) is 21.3. The fraction of sp³-hybridized carbons (Fsp3) is 0.417. The first-order valence-corrected chi connectivity index (χ1v) is 11.4. The fourth-order valence-corrected chi connectivity index (χ4v) is 5.24. The first-order chi connectivity index (χ1) is 14.5. The molecule has 0 unspecified atom stereocenters. The minimum absolute atomic E-state index is 0.00213. The summed E-state index contributed by atoms with van der Waals surface area (Å²) in [7, 11) is 0. The molecule has 2 aromatic heterocycles. The minimum Gasteiger partial charge on any atom is -0.466 e. The van der Waals surface area contributed by atoms with Gasteiger partial charge in [0.25, 0.3) is 5.91 Å². The van der Waals surface area contributed by atoms with Gasteiger partial charge in [-0.2, -0.15) is 0 Å². The third-order valence-corrected chi connectivity index (χ3v) is 6.67. The number of aryl methyl sites for hydroxylation is 2. The van der Waals surface area contributed by atoms with Crippen LogP contribution in [-0.4, -0.2) is 41.0 Å². The number of piperidine rings is 1. The standard InChI is InChI=1S/C24H28N2O3S/c1-4-29-24(28)19-9-6-10-25(15-19)23(27)21-13-22-20(12-17(3)30-22)26(21)14-18-8-5-7-16(2)11-18/h5,7-8,11-13,19H,4,6,9-10,14-15H2,1-3H3/t19-/m1/s1. The molecule has 4 rings (SSSR count). The number of benzene rings is 1. The Morgan fingerprint density at radius 3 is 2.80 bits per heavy atom. The average Bonchev–Trinajstić information content (AvgIpc) is 3.25. The summed E-state index contributed by atoms with van der Waals surface area (Å²) in [4.78, 5) is 28.8. The number of aromatic nitrogens is 1. The lowest BCUT2D eigenvalue weighted by molar-refractivity contribution is -0.149. The van der Waals surface area contributed by atoms with E-state index >= 15 is 0 Å². The first-order valence-electron chi connectivity index (χ1n) is 10.6. The molecule has 1 amide bonds. The molecule has 158 valence electrons. The molecule has 1 saturated heterocycles. The maximum Gasteiger partial charge on any atom is 0.310 e. The van der Waals surface area contributed by atoms with Gasteiger partial charge in [-0.15, -0.1) is 11.3 Å². The molecule has 1 fully saturated rings. The number of rotatable bonds is 5. The molecule has 3 aromatic rings. The van der Waals surface area contributed by atoms with E-state index in [2.05, 4.69) is 48.7 Å². The molecule has 0 radical (unpaired) electrons. The van der Waals surface area contributed by atoms with Gasteiger partial charge in [-0.3, -0.25) is 9.59 Å². The van der Waals surface area contributed by atoms with Gasteiger partial charge in [0, 0.05) is 24.5 Å². The summed E-state index contributed by atoms with van der Waals surface area (Å²) in [5, 5.41) is 0. The van der Waals surface area contributed by atoms with Crippen LogP contribution in [0.3, 0.4) is 0 Å². The van der Waals surface area contributed by atoms with Gasteiger partial charge < -0.3 is 14.2 Å². The second-order valence-corrected chi connectivity index (χ2v) is 9.34. The SMILES string of the molecule is CCOC(=O)[C@@H]1CCCN(C(=O)c2cc3sc(C)cc3n2Cc2cccc(C)c2)C1. The quantitative estimate of drug-likeness (QED) is 0.554. The average molecular weight is 425 g/mol. The molecule has 0 saturated carbocycles. The van der Waals surface area contributed by atoms with Gasteiger partial charge >= 0.3 is 5.97 Å². The molecule has 0 spiro atoms. The minimum atomic E-state index is -0.230. The summed E-state index contributed by atoms with van der Waals surface area (Å²) in [6.45, 7) is 8.12. The highest BCUT2D eigenvalue weighted by Gasteiger charge is 2.31. The number of carbonyl (C=O) groups excluding carboxylic acids is 2. The molecule has 1 atom stereocenters. The molecule has 5 nitrogen and oxygen atoms in total. The van der Waals surface area contributed by atoms with Crippen molar-refractivity contribution in [3.8, 4) is 0 Å². The predicted octanol–water partition coefficient (Wildman–Crippen LogP) is 4.78. The number of hydrogen-bond donors (Lipinski definition) is 0. The van der Waals surface area contributed by atoms with E-state index < -0.39 is 0 Å².